The number of thioether (sulfide) groups is 1. The largest absolute Gasteiger partial charge is 0.619 e. The van der Waals surface area contributed by atoms with Crippen molar-refractivity contribution in [3.63, 3.8) is 0 Å². The summed E-state index contributed by atoms with van der Waals surface area (Å²) in [4.78, 5) is 37.9. The van der Waals surface area contributed by atoms with Gasteiger partial charge in [-0.15, -0.1) is 0 Å². The van der Waals surface area contributed by atoms with Gasteiger partial charge in [-0.3, -0.25) is 19.3 Å². The minimum Gasteiger partial charge on any atom is -0.619 e. The molecule has 144 valence electrons. The van der Waals surface area contributed by atoms with Gasteiger partial charge < -0.3 is 10.5 Å². The molecule has 7 nitrogen and oxygen atoms in total. The van der Waals surface area contributed by atoms with E-state index in [4.69, 9.17) is 23.2 Å². The molecule has 0 unspecified atom stereocenters. The Bertz CT molecular complexity index is 979. The van der Waals surface area contributed by atoms with E-state index in [-0.39, 0.29) is 18.0 Å². The Morgan fingerprint density at radius 3 is 2.61 bits per heavy atom. The number of benzene rings is 1. The zero-order valence-corrected chi connectivity index (χ0v) is 16.6. The molecular weight excluding hydrogens is 425 g/mol. The van der Waals surface area contributed by atoms with Crippen molar-refractivity contribution in [2.45, 2.75) is 0 Å². The van der Waals surface area contributed by atoms with E-state index >= 15 is 0 Å². The van der Waals surface area contributed by atoms with E-state index in [1.807, 2.05) is 0 Å². The SMILES string of the molecule is O=C(NCCN1C(=O)S/C(=C\c2ccc(Cl)cc2Cl)C1=O)c1cc[n+]([O-])cc1. The van der Waals surface area contributed by atoms with Gasteiger partial charge in [0.05, 0.1) is 10.5 Å². The summed E-state index contributed by atoms with van der Waals surface area (Å²) in [6.07, 6.45) is 3.94. The number of hydrogen-bond donors (Lipinski definition) is 1. The third-order valence-electron chi connectivity index (χ3n) is 3.81. The molecule has 28 heavy (non-hydrogen) atoms. The molecule has 0 atom stereocenters. The van der Waals surface area contributed by atoms with Crippen molar-refractivity contribution in [2.75, 3.05) is 13.1 Å². The quantitative estimate of drug-likeness (QED) is 0.440. The third kappa shape index (κ3) is 4.64. The monoisotopic (exact) mass is 437 g/mol. The first kappa shape index (κ1) is 20.2. The van der Waals surface area contributed by atoms with Crippen molar-refractivity contribution in [1.82, 2.24) is 10.2 Å². The molecule has 10 heteroatoms. The van der Waals surface area contributed by atoms with Gasteiger partial charge in [-0.2, -0.15) is 4.73 Å². The van der Waals surface area contributed by atoms with E-state index in [0.717, 1.165) is 16.7 Å². The number of halogens is 2. The smallest absolute Gasteiger partial charge is 0.293 e. The van der Waals surface area contributed by atoms with Crippen LogP contribution in [0.2, 0.25) is 10.0 Å². The molecule has 0 spiro atoms. The Hall–Kier alpha value is -2.55. The van der Waals surface area contributed by atoms with E-state index in [1.165, 1.54) is 30.6 Å². The molecule has 1 aliphatic rings. The molecule has 0 bridgehead atoms. The minimum absolute atomic E-state index is 0.0243. The lowest BCUT2D eigenvalue weighted by molar-refractivity contribution is -0.605. The second-order valence-corrected chi connectivity index (χ2v) is 7.54. The lowest BCUT2D eigenvalue weighted by atomic mass is 10.2. The average Bonchev–Trinajstić information content (AvgIpc) is 2.92. The number of rotatable bonds is 5. The maximum atomic E-state index is 12.5. The second-order valence-electron chi connectivity index (χ2n) is 5.70. The van der Waals surface area contributed by atoms with Crippen LogP contribution in [0.1, 0.15) is 15.9 Å². The van der Waals surface area contributed by atoms with E-state index in [0.29, 0.717) is 25.9 Å². The Balaban J connectivity index is 1.61. The maximum absolute atomic E-state index is 12.5. The molecule has 0 aliphatic carbocycles. The van der Waals surface area contributed by atoms with E-state index in [1.54, 1.807) is 18.2 Å². The number of nitrogens with zero attached hydrogens (tertiary/aromatic N) is 2. The van der Waals surface area contributed by atoms with Crippen LogP contribution in [0.15, 0.2) is 47.6 Å². The van der Waals surface area contributed by atoms with Crippen molar-refractivity contribution >= 4 is 58.1 Å². The summed E-state index contributed by atoms with van der Waals surface area (Å²) in [6.45, 7) is 0.106. The molecule has 1 N–H and O–H groups in total. The highest BCUT2D eigenvalue weighted by Gasteiger charge is 2.34. The van der Waals surface area contributed by atoms with Gasteiger partial charge in [0.15, 0.2) is 12.4 Å². The van der Waals surface area contributed by atoms with Gasteiger partial charge in [-0.1, -0.05) is 29.3 Å². The predicted molar refractivity (Wildman–Crippen MR) is 107 cm³/mol. The number of carbonyl (C=O) groups excluding carboxylic acids is 3. The Morgan fingerprint density at radius 2 is 1.93 bits per heavy atom. The number of imide groups is 1. The highest BCUT2D eigenvalue weighted by molar-refractivity contribution is 8.18. The topological polar surface area (TPSA) is 93.4 Å². The summed E-state index contributed by atoms with van der Waals surface area (Å²) in [6, 6.07) is 7.59. The van der Waals surface area contributed by atoms with Gasteiger partial charge in [-0.05, 0) is 35.5 Å². The van der Waals surface area contributed by atoms with Crippen LogP contribution in [0.5, 0.6) is 0 Å². The predicted octanol–water partition coefficient (Wildman–Crippen LogP) is 3.09. The van der Waals surface area contributed by atoms with E-state index in [9.17, 15) is 19.6 Å². The normalized spacial score (nSPS) is 15.4. The fourth-order valence-electron chi connectivity index (χ4n) is 2.40. The molecule has 1 aromatic heterocycles. The van der Waals surface area contributed by atoms with Gasteiger partial charge in [-0.25, -0.2) is 0 Å². The van der Waals surface area contributed by atoms with Crippen molar-refractivity contribution in [3.8, 4) is 0 Å². The molecule has 2 heterocycles. The molecule has 3 amide bonds. The standard InChI is InChI=1S/C18H13Cl2N3O4S/c19-13-2-1-12(14(20)10-13)9-15-17(25)23(18(26)28-15)8-5-21-16(24)11-3-6-22(27)7-4-11/h1-4,6-7,9-10H,5,8H2,(H,21,24)/b15-9-. The van der Waals surface area contributed by atoms with Crippen molar-refractivity contribution < 1.29 is 19.1 Å². The van der Waals surface area contributed by atoms with Gasteiger partial charge in [0.1, 0.15) is 0 Å². The highest BCUT2D eigenvalue weighted by Crippen LogP contribution is 2.33. The van der Waals surface area contributed by atoms with Gasteiger partial charge >= 0.3 is 0 Å². The summed E-state index contributed by atoms with van der Waals surface area (Å²) < 4.78 is 0.566. The van der Waals surface area contributed by atoms with Crippen molar-refractivity contribution in [1.29, 1.82) is 0 Å². The second kappa shape index (κ2) is 8.64. The molecule has 3 rings (SSSR count). The van der Waals surface area contributed by atoms with Crippen molar-refractivity contribution in [2.24, 2.45) is 0 Å². The van der Waals surface area contributed by atoms with Gasteiger partial charge in [0, 0.05) is 35.3 Å². The van der Waals surface area contributed by atoms with E-state index < -0.39 is 17.1 Å². The summed E-state index contributed by atoms with van der Waals surface area (Å²) >= 11 is 12.8. The molecule has 1 aromatic carbocycles. The molecular formula is C18H13Cl2N3O4S. The number of hydrogen-bond acceptors (Lipinski definition) is 5. The molecule has 1 aliphatic heterocycles. The zero-order chi connectivity index (χ0) is 20.3. The van der Waals surface area contributed by atoms with Crippen LogP contribution in [0.4, 0.5) is 4.79 Å². The van der Waals surface area contributed by atoms with Crippen LogP contribution in [0, 0.1) is 5.21 Å². The lowest BCUT2D eigenvalue weighted by Gasteiger charge is -2.13. The summed E-state index contributed by atoms with van der Waals surface area (Å²) in [5, 5.41) is 14.0. The van der Waals surface area contributed by atoms with Crippen LogP contribution < -0.4 is 10.0 Å². The first-order valence-electron chi connectivity index (χ1n) is 8.02. The number of carbonyl (C=O) groups is 3. The number of pyridine rings is 1. The average molecular weight is 438 g/mol. The van der Waals surface area contributed by atoms with Crippen LogP contribution >= 0.6 is 35.0 Å². The van der Waals surface area contributed by atoms with Crippen molar-refractivity contribution in [3.05, 3.63) is 74.0 Å². The lowest BCUT2D eigenvalue weighted by Crippen LogP contribution is -2.37. The van der Waals surface area contributed by atoms with Crippen LogP contribution in [0.25, 0.3) is 6.08 Å². The van der Waals surface area contributed by atoms with Crippen LogP contribution in [0.3, 0.4) is 0 Å². The Labute approximate surface area is 174 Å². The Morgan fingerprint density at radius 1 is 1.21 bits per heavy atom. The molecule has 0 saturated carbocycles. The Kier molecular flexibility index (Phi) is 6.23. The molecule has 1 fully saturated rings. The molecule has 2 aromatic rings. The van der Waals surface area contributed by atoms with Gasteiger partial charge in [0.25, 0.3) is 17.1 Å². The fraction of sp³-hybridized carbons (Fsp3) is 0.111. The summed E-state index contributed by atoms with van der Waals surface area (Å²) in [7, 11) is 0. The summed E-state index contributed by atoms with van der Waals surface area (Å²) in [5.41, 5.74) is 0.878. The van der Waals surface area contributed by atoms with Crippen LogP contribution in [-0.4, -0.2) is 35.0 Å². The first-order chi connectivity index (χ1) is 13.3. The fourth-order valence-corrected chi connectivity index (χ4v) is 3.72. The first-order valence-corrected chi connectivity index (χ1v) is 9.60. The van der Waals surface area contributed by atoms with Gasteiger partial charge in [0.2, 0.25) is 0 Å². The maximum Gasteiger partial charge on any atom is 0.293 e. The van der Waals surface area contributed by atoms with E-state index in [2.05, 4.69) is 5.32 Å². The third-order valence-corrected chi connectivity index (χ3v) is 5.28. The number of amides is 3. The minimum atomic E-state index is -0.456. The zero-order valence-electron chi connectivity index (χ0n) is 14.2. The number of aromatic nitrogens is 1. The van der Waals surface area contributed by atoms with Crippen LogP contribution in [-0.2, 0) is 4.79 Å². The molecule has 0 radical (unpaired) electrons. The molecule has 1 saturated heterocycles. The summed E-state index contributed by atoms with van der Waals surface area (Å²) in [5.74, 6) is -0.863. The highest BCUT2D eigenvalue weighted by atomic mass is 35.5. The number of nitrogens with one attached hydrogen (secondary N) is 1.